The van der Waals surface area contributed by atoms with Crippen LogP contribution in [0.4, 0.5) is 11.4 Å². The summed E-state index contributed by atoms with van der Waals surface area (Å²) >= 11 is 5.40. The van der Waals surface area contributed by atoms with Gasteiger partial charge in [0.2, 0.25) is 0 Å². The van der Waals surface area contributed by atoms with Crippen molar-refractivity contribution in [2.75, 3.05) is 0 Å². The second kappa shape index (κ2) is 8.44. The first-order valence-corrected chi connectivity index (χ1v) is 7.87. The summed E-state index contributed by atoms with van der Waals surface area (Å²) in [6.07, 6.45) is 4.84. The molecule has 0 aliphatic heterocycles. The lowest BCUT2D eigenvalue weighted by Gasteiger charge is -2.00. The highest BCUT2D eigenvalue weighted by molar-refractivity contribution is 6.67. The van der Waals surface area contributed by atoms with E-state index in [1.165, 1.54) is 24.8 Å². The van der Waals surface area contributed by atoms with Crippen molar-refractivity contribution in [3.8, 4) is 0 Å². The highest BCUT2D eigenvalue weighted by Gasteiger charge is 2.00. The molecule has 4 heteroatoms. The van der Waals surface area contributed by atoms with Crippen molar-refractivity contribution < 1.29 is 4.79 Å². The Morgan fingerprint density at radius 2 is 1.45 bits per heavy atom. The maximum absolute atomic E-state index is 11.0. The van der Waals surface area contributed by atoms with Gasteiger partial charge in [-0.3, -0.25) is 4.79 Å². The molecule has 0 aliphatic rings. The summed E-state index contributed by atoms with van der Waals surface area (Å²) in [6, 6.07) is 14.9. The quantitative estimate of drug-likeness (QED) is 0.340. The molecule has 0 saturated carbocycles. The summed E-state index contributed by atoms with van der Waals surface area (Å²) in [5, 5.41) is 7.88. The monoisotopic (exact) mass is 314 g/mol. The molecule has 0 N–H and O–H groups in total. The zero-order chi connectivity index (χ0) is 15.8. The molecule has 0 unspecified atom stereocenters. The van der Waals surface area contributed by atoms with E-state index in [-0.39, 0.29) is 0 Å². The largest absolute Gasteiger partial charge is 0.276 e. The van der Waals surface area contributed by atoms with Crippen LogP contribution < -0.4 is 0 Å². The van der Waals surface area contributed by atoms with E-state index >= 15 is 0 Å². The Hall–Kier alpha value is -2.00. The van der Waals surface area contributed by atoms with Crippen LogP contribution >= 0.6 is 11.6 Å². The predicted molar refractivity (Wildman–Crippen MR) is 90.5 cm³/mol. The SMILES string of the molecule is CCCCCc1ccc(N=Nc2ccc(C(=O)Cl)cc2)cc1. The number of hydrogen-bond acceptors (Lipinski definition) is 3. The van der Waals surface area contributed by atoms with Crippen molar-refractivity contribution in [3.05, 3.63) is 59.7 Å². The minimum atomic E-state index is -0.470. The van der Waals surface area contributed by atoms with Gasteiger partial charge in [-0.15, -0.1) is 0 Å². The van der Waals surface area contributed by atoms with Gasteiger partial charge in [0.25, 0.3) is 5.24 Å². The van der Waals surface area contributed by atoms with Crippen molar-refractivity contribution in [2.24, 2.45) is 10.2 Å². The maximum atomic E-state index is 11.0. The van der Waals surface area contributed by atoms with Gasteiger partial charge in [0.1, 0.15) is 0 Å². The topological polar surface area (TPSA) is 41.8 Å². The van der Waals surface area contributed by atoms with Crippen LogP contribution in [0.15, 0.2) is 58.8 Å². The summed E-state index contributed by atoms with van der Waals surface area (Å²) in [5.41, 5.74) is 3.29. The molecule has 0 bridgehead atoms. The van der Waals surface area contributed by atoms with Gasteiger partial charge in [-0.1, -0.05) is 31.9 Å². The van der Waals surface area contributed by atoms with Crippen LogP contribution in [0.3, 0.4) is 0 Å². The molecule has 22 heavy (non-hydrogen) atoms. The molecular formula is C18H19ClN2O. The molecule has 0 radical (unpaired) electrons. The minimum absolute atomic E-state index is 0.456. The molecule has 2 aromatic carbocycles. The van der Waals surface area contributed by atoms with Gasteiger partial charge in [-0.2, -0.15) is 10.2 Å². The Bertz CT molecular complexity index is 633. The Kier molecular flexibility index (Phi) is 6.28. The van der Waals surface area contributed by atoms with Gasteiger partial charge in [0.15, 0.2) is 0 Å². The van der Waals surface area contributed by atoms with E-state index in [0.717, 1.165) is 12.1 Å². The number of benzene rings is 2. The molecule has 0 atom stereocenters. The highest BCUT2D eigenvalue weighted by atomic mass is 35.5. The fourth-order valence-corrected chi connectivity index (χ4v) is 2.21. The fraction of sp³-hybridized carbons (Fsp3) is 0.278. The summed E-state index contributed by atoms with van der Waals surface area (Å²) in [5.74, 6) is 0. The number of nitrogens with zero attached hydrogens (tertiary/aromatic N) is 2. The molecule has 3 nitrogen and oxygen atoms in total. The number of carbonyl (C=O) groups is 1. The van der Waals surface area contributed by atoms with Crippen LogP contribution in [-0.4, -0.2) is 5.24 Å². The van der Waals surface area contributed by atoms with E-state index < -0.39 is 5.24 Å². The maximum Gasteiger partial charge on any atom is 0.252 e. The molecule has 0 saturated heterocycles. The minimum Gasteiger partial charge on any atom is -0.276 e. The molecule has 0 amide bonds. The summed E-state index contributed by atoms with van der Waals surface area (Å²) in [7, 11) is 0. The van der Waals surface area contributed by atoms with Crippen LogP contribution in [0.25, 0.3) is 0 Å². The third kappa shape index (κ3) is 5.08. The van der Waals surface area contributed by atoms with Crippen molar-refractivity contribution in [1.82, 2.24) is 0 Å². The molecule has 2 aromatic rings. The summed E-state index contributed by atoms with van der Waals surface area (Å²) in [6.45, 7) is 2.21. The highest BCUT2D eigenvalue weighted by Crippen LogP contribution is 2.20. The molecule has 0 aromatic heterocycles. The zero-order valence-electron chi connectivity index (χ0n) is 12.6. The van der Waals surface area contributed by atoms with Gasteiger partial charge >= 0.3 is 0 Å². The van der Waals surface area contributed by atoms with E-state index in [2.05, 4.69) is 29.3 Å². The second-order valence-electron chi connectivity index (χ2n) is 5.14. The van der Waals surface area contributed by atoms with Gasteiger partial charge in [0, 0.05) is 5.56 Å². The number of carbonyl (C=O) groups excluding carboxylic acids is 1. The molecular weight excluding hydrogens is 296 g/mol. The summed E-state index contributed by atoms with van der Waals surface area (Å²) < 4.78 is 0. The van der Waals surface area contributed by atoms with E-state index in [4.69, 9.17) is 11.6 Å². The van der Waals surface area contributed by atoms with Gasteiger partial charge < -0.3 is 0 Å². The molecule has 0 fully saturated rings. The van der Waals surface area contributed by atoms with Gasteiger partial charge in [-0.25, -0.2) is 0 Å². The molecule has 2 rings (SSSR count). The van der Waals surface area contributed by atoms with Crippen molar-refractivity contribution >= 4 is 28.2 Å². The van der Waals surface area contributed by atoms with Crippen LogP contribution in [-0.2, 0) is 6.42 Å². The average molecular weight is 315 g/mol. The van der Waals surface area contributed by atoms with Crippen LogP contribution in [0.2, 0.25) is 0 Å². The number of halogens is 1. The van der Waals surface area contributed by atoms with Crippen LogP contribution in [0.5, 0.6) is 0 Å². The Balaban J connectivity index is 1.96. The smallest absolute Gasteiger partial charge is 0.252 e. The van der Waals surface area contributed by atoms with E-state index in [0.29, 0.717) is 11.3 Å². The summed E-state index contributed by atoms with van der Waals surface area (Å²) in [4.78, 5) is 11.0. The third-order valence-electron chi connectivity index (χ3n) is 3.38. The Morgan fingerprint density at radius 1 is 0.909 bits per heavy atom. The Morgan fingerprint density at radius 3 is 1.95 bits per heavy atom. The first-order valence-electron chi connectivity index (χ1n) is 7.49. The first-order chi connectivity index (χ1) is 10.7. The van der Waals surface area contributed by atoms with E-state index in [1.807, 2.05) is 12.1 Å². The first kappa shape index (κ1) is 16.4. The van der Waals surface area contributed by atoms with Crippen molar-refractivity contribution in [3.63, 3.8) is 0 Å². The normalized spacial score (nSPS) is 11.0. The molecule has 0 spiro atoms. The number of unbranched alkanes of at least 4 members (excludes halogenated alkanes) is 2. The molecule has 114 valence electrons. The van der Waals surface area contributed by atoms with E-state index in [1.54, 1.807) is 24.3 Å². The predicted octanol–water partition coefficient (Wildman–Crippen LogP) is 6.21. The lowest BCUT2D eigenvalue weighted by molar-refractivity contribution is 0.108. The average Bonchev–Trinajstić information content (AvgIpc) is 2.55. The number of azo groups is 1. The fourth-order valence-electron chi connectivity index (χ4n) is 2.08. The molecule has 0 aliphatic carbocycles. The zero-order valence-corrected chi connectivity index (χ0v) is 13.4. The lowest BCUT2D eigenvalue weighted by atomic mass is 10.1. The number of hydrogen-bond donors (Lipinski definition) is 0. The second-order valence-corrected chi connectivity index (χ2v) is 5.49. The number of rotatable bonds is 7. The van der Waals surface area contributed by atoms with Crippen LogP contribution in [0, 0.1) is 0 Å². The van der Waals surface area contributed by atoms with Crippen molar-refractivity contribution in [1.29, 1.82) is 0 Å². The van der Waals surface area contributed by atoms with Gasteiger partial charge in [0.05, 0.1) is 11.4 Å². The standard InChI is InChI=1S/C18H19ClN2O/c1-2-3-4-5-14-6-10-16(11-7-14)20-21-17-12-8-15(9-13-17)18(19)22/h6-13H,2-5H2,1H3. The van der Waals surface area contributed by atoms with Crippen molar-refractivity contribution in [2.45, 2.75) is 32.6 Å². The molecule has 0 heterocycles. The Labute approximate surface area is 136 Å². The van der Waals surface area contributed by atoms with Crippen LogP contribution in [0.1, 0.15) is 42.1 Å². The third-order valence-corrected chi connectivity index (χ3v) is 3.60. The lowest BCUT2D eigenvalue weighted by Crippen LogP contribution is -1.85. The van der Waals surface area contributed by atoms with Gasteiger partial charge in [-0.05, 0) is 66.4 Å². The van der Waals surface area contributed by atoms with E-state index in [9.17, 15) is 4.79 Å². The number of aryl methyl sites for hydroxylation is 1.